The van der Waals surface area contributed by atoms with Gasteiger partial charge in [0.1, 0.15) is 11.3 Å². The Morgan fingerprint density at radius 1 is 1.39 bits per heavy atom. The van der Waals surface area contributed by atoms with Crippen molar-refractivity contribution < 1.29 is 8.63 Å². The van der Waals surface area contributed by atoms with E-state index < -0.39 is 10.8 Å². The molecule has 4 nitrogen and oxygen atoms in total. The molecule has 2 aromatic rings. The highest BCUT2D eigenvalue weighted by Gasteiger charge is 2.04. The summed E-state index contributed by atoms with van der Waals surface area (Å²) in [5.41, 5.74) is 0.589. The fraction of sp³-hybridized carbons (Fsp3) is 0.0769. The first kappa shape index (κ1) is 12.3. The Bertz CT molecular complexity index is 753. The predicted octanol–water partition coefficient (Wildman–Crippen LogP) is 2.01. The van der Waals surface area contributed by atoms with Gasteiger partial charge in [0.2, 0.25) is 0 Å². The summed E-state index contributed by atoms with van der Waals surface area (Å²) in [7, 11) is -1.10. The number of benzene rings is 1. The van der Waals surface area contributed by atoms with Crippen molar-refractivity contribution in [3.05, 3.63) is 51.2 Å². The largest absolute Gasteiger partial charge is 0.456 e. The maximum atomic E-state index is 11.8. The molecule has 0 amide bonds. The molecule has 0 saturated carbocycles. The smallest absolute Gasteiger partial charge is 0.193 e. The standard InChI is InChI=1S/C13H9NO3S/c1-18(16)5-4-10-7-12(15)11-6-9(8-14)2-3-13(11)17-10/h2-7H,1H3/b5-4+. The molecule has 1 atom stereocenters. The van der Waals surface area contributed by atoms with Gasteiger partial charge in [-0.1, -0.05) is 0 Å². The zero-order valence-electron chi connectivity index (χ0n) is 9.54. The minimum absolute atomic E-state index is 0.227. The van der Waals surface area contributed by atoms with Gasteiger partial charge in [0.05, 0.1) is 17.0 Å². The van der Waals surface area contributed by atoms with Crippen LogP contribution < -0.4 is 5.43 Å². The second kappa shape index (κ2) is 4.98. The van der Waals surface area contributed by atoms with E-state index in [-0.39, 0.29) is 5.43 Å². The number of hydrogen-bond donors (Lipinski definition) is 0. The van der Waals surface area contributed by atoms with Gasteiger partial charge in [-0.05, 0) is 24.3 Å². The minimum atomic E-state index is -1.10. The van der Waals surface area contributed by atoms with Crippen molar-refractivity contribution in [2.24, 2.45) is 0 Å². The van der Waals surface area contributed by atoms with Gasteiger partial charge in [-0.15, -0.1) is 0 Å². The summed E-state index contributed by atoms with van der Waals surface area (Å²) in [6.07, 6.45) is 3.02. The molecule has 5 heteroatoms. The van der Waals surface area contributed by atoms with E-state index >= 15 is 0 Å². The van der Waals surface area contributed by atoms with Gasteiger partial charge < -0.3 is 4.42 Å². The Kier molecular flexibility index (Phi) is 3.40. The van der Waals surface area contributed by atoms with E-state index in [9.17, 15) is 9.00 Å². The van der Waals surface area contributed by atoms with Crippen LogP contribution in [0.2, 0.25) is 0 Å². The van der Waals surface area contributed by atoms with Crippen molar-refractivity contribution in [1.82, 2.24) is 0 Å². The molecule has 1 heterocycles. The van der Waals surface area contributed by atoms with Crippen LogP contribution >= 0.6 is 0 Å². The molecule has 0 radical (unpaired) electrons. The van der Waals surface area contributed by atoms with Crippen molar-refractivity contribution in [2.45, 2.75) is 0 Å². The third-order valence-electron chi connectivity index (χ3n) is 2.30. The Hall–Kier alpha value is -2.19. The van der Waals surface area contributed by atoms with Crippen molar-refractivity contribution in [2.75, 3.05) is 6.26 Å². The van der Waals surface area contributed by atoms with Gasteiger partial charge >= 0.3 is 0 Å². The molecule has 0 aliphatic carbocycles. The summed E-state index contributed by atoms with van der Waals surface area (Å²) in [5, 5.41) is 10.6. The molecule has 90 valence electrons. The molecule has 2 rings (SSSR count). The Morgan fingerprint density at radius 2 is 2.17 bits per heavy atom. The molecule has 1 aromatic heterocycles. The van der Waals surface area contributed by atoms with Gasteiger partial charge in [-0.25, -0.2) is 0 Å². The molecule has 0 fully saturated rings. The first-order valence-corrected chi connectivity index (χ1v) is 6.71. The molecule has 0 bridgehead atoms. The van der Waals surface area contributed by atoms with E-state index in [1.165, 1.54) is 29.9 Å². The molecule has 0 saturated heterocycles. The van der Waals surface area contributed by atoms with Crippen LogP contribution in [-0.2, 0) is 10.8 Å². The zero-order chi connectivity index (χ0) is 13.1. The van der Waals surface area contributed by atoms with Gasteiger partial charge in [-0.3, -0.25) is 9.00 Å². The zero-order valence-corrected chi connectivity index (χ0v) is 10.4. The molecule has 0 N–H and O–H groups in total. The summed E-state index contributed by atoms with van der Waals surface area (Å²) in [4.78, 5) is 11.8. The minimum Gasteiger partial charge on any atom is -0.456 e. The second-order valence-electron chi connectivity index (χ2n) is 3.64. The van der Waals surface area contributed by atoms with E-state index in [4.69, 9.17) is 9.68 Å². The summed E-state index contributed by atoms with van der Waals surface area (Å²) in [5.74, 6) is 0.340. The molecular formula is C13H9NO3S. The van der Waals surface area contributed by atoms with Gasteiger partial charge in [-0.2, -0.15) is 5.26 Å². The normalized spacial score (nSPS) is 12.7. The van der Waals surface area contributed by atoms with Crippen molar-refractivity contribution in [3.63, 3.8) is 0 Å². The molecule has 0 aliphatic rings. The van der Waals surface area contributed by atoms with Crippen LogP contribution in [0.3, 0.4) is 0 Å². The maximum Gasteiger partial charge on any atom is 0.193 e. The van der Waals surface area contributed by atoms with Crippen LogP contribution in [0.5, 0.6) is 0 Å². The predicted molar refractivity (Wildman–Crippen MR) is 70.3 cm³/mol. The Balaban J connectivity index is 2.61. The molecule has 1 aromatic carbocycles. The van der Waals surface area contributed by atoms with Crippen LogP contribution in [-0.4, -0.2) is 10.5 Å². The first-order valence-electron chi connectivity index (χ1n) is 5.08. The third-order valence-corrected chi connectivity index (χ3v) is 2.82. The number of nitrogens with zero attached hydrogens (tertiary/aromatic N) is 1. The van der Waals surface area contributed by atoms with E-state index in [2.05, 4.69) is 0 Å². The lowest BCUT2D eigenvalue weighted by Gasteiger charge is -1.99. The van der Waals surface area contributed by atoms with E-state index in [0.717, 1.165) is 0 Å². The number of hydrogen-bond acceptors (Lipinski definition) is 4. The molecular weight excluding hydrogens is 250 g/mol. The van der Waals surface area contributed by atoms with Crippen LogP contribution in [0.4, 0.5) is 0 Å². The lowest BCUT2D eigenvalue weighted by Crippen LogP contribution is -2.00. The Morgan fingerprint density at radius 3 is 2.83 bits per heavy atom. The van der Waals surface area contributed by atoms with E-state index in [1.807, 2.05) is 6.07 Å². The fourth-order valence-corrected chi connectivity index (χ4v) is 1.82. The van der Waals surface area contributed by atoms with Crippen molar-refractivity contribution >= 4 is 27.8 Å². The van der Waals surface area contributed by atoms with Gasteiger partial charge in [0.15, 0.2) is 5.43 Å². The van der Waals surface area contributed by atoms with Crippen LogP contribution in [0.1, 0.15) is 11.3 Å². The van der Waals surface area contributed by atoms with Crippen LogP contribution in [0.15, 0.2) is 38.9 Å². The Labute approximate surface area is 106 Å². The fourth-order valence-electron chi connectivity index (χ4n) is 1.49. The highest BCUT2D eigenvalue weighted by molar-refractivity contribution is 7.87. The van der Waals surface area contributed by atoms with Crippen LogP contribution in [0, 0.1) is 11.3 Å². The second-order valence-corrected chi connectivity index (χ2v) is 4.91. The van der Waals surface area contributed by atoms with Gasteiger partial charge in [0.25, 0.3) is 0 Å². The third kappa shape index (κ3) is 2.55. The topological polar surface area (TPSA) is 71.1 Å². The highest BCUT2D eigenvalue weighted by atomic mass is 32.2. The lowest BCUT2D eigenvalue weighted by molar-refractivity contribution is 0.591. The maximum absolute atomic E-state index is 11.8. The van der Waals surface area contributed by atoms with Crippen molar-refractivity contribution in [3.8, 4) is 6.07 Å². The van der Waals surface area contributed by atoms with E-state index in [1.54, 1.807) is 12.1 Å². The average Bonchev–Trinajstić information content (AvgIpc) is 2.36. The first-order chi connectivity index (χ1) is 8.60. The highest BCUT2D eigenvalue weighted by Crippen LogP contribution is 2.15. The summed E-state index contributed by atoms with van der Waals surface area (Å²) >= 11 is 0. The molecule has 18 heavy (non-hydrogen) atoms. The summed E-state index contributed by atoms with van der Waals surface area (Å²) in [6, 6.07) is 7.93. The lowest BCUT2D eigenvalue weighted by atomic mass is 10.1. The van der Waals surface area contributed by atoms with Crippen molar-refractivity contribution in [1.29, 1.82) is 5.26 Å². The monoisotopic (exact) mass is 259 g/mol. The van der Waals surface area contributed by atoms with Crippen LogP contribution in [0.25, 0.3) is 17.0 Å². The molecule has 0 spiro atoms. The number of nitriles is 1. The quantitative estimate of drug-likeness (QED) is 0.827. The summed E-state index contributed by atoms with van der Waals surface area (Å²) < 4.78 is 16.4. The number of fused-ring (bicyclic) bond motifs is 1. The van der Waals surface area contributed by atoms with Gasteiger partial charge in [0, 0.05) is 28.5 Å². The average molecular weight is 259 g/mol. The molecule has 0 aliphatic heterocycles. The number of rotatable bonds is 2. The summed E-state index contributed by atoms with van der Waals surface area (Å²) in [6.45, 7) is 0. The SMILES string of the molecule is CS(=O)/C=C/c1cc(=O)c2cc(C#N)ccc2o1. The van der Waals surface area contributed by atoms with E-state index in [0.29, 0.717) is 22.3 Å². The molecule has 1 unspecified atom stereocenters.